The third-order valence-electron chi connectivity index (χ3n) is 1.87. The van der Waals surface area contributed by atoms with Crippen LogP contribution in [0, 0.1) is 11.6 Å². The Morgan fingerprint density at radius 2 is 2.07 bits per heavy atom. The summed E-state index contributed by atoms with van der Waals surface area (Å²) in [5, 5.41) is 2.22. The molecule has 2 nitrogen and oxygen atoms in total. The minimum Gasteiger partial charge on any atom is -0.473 e. The topological polar surface area (TPSA) is 22.1 Å². The molecule has 0 aliphatic carbocycles. The molecule has 0 atom stereocenters. The Kier molecular flexibility index (Phi) is 2.64. The van der Waals surface area contributed by atoms with Gasteiger partial charge in [-0.1, -0.05) is 11.3 Å². The molecule has 78 valence electrons. The van der Waals surface area contributed by atoms with E-state index in [0.29, 0.717) is 16.5 Å². The average Bonchev–Trinajstić information content (AvgIpc) is 2.70. The van der Waals surface area contributed by atoms with Crippen molar-refractivity contribution in [1.82, 2.24) is 4.98 Å². The normalized spacial score (nSPS) is 10.3. The SMILES string of the molecule is COc1nc(-c2ccc(F)c(F)c2)cs1. The van der Waals surface area contributed by atoms with Crippen molar-refractivity contribution < 1.29 is 13.5 Å². The van der Waals surface area contributed by atoms with Crippen LogP contribution in [0.25, 0.3) is 11.3 Å². The van der Waals surface area contributed by atoms with E-state index in [1.54, 1.807) is 5.38 Å². The largest absolute Gasteiger partial charge is 0.473 e. The number of nitrogens with zero attached hydrogens (tertiary/aromatic N) is 1. The Morgan fingerprint density at radius 1 is 1.27 bits per heavy atom. The van der Waals surface area contributed by atoms with Gasteiger partial charge in [0, 0.05) is 10.9 Å². The average molecular weight is 227 g/mol. The zero-order valence-electron chi connectivity index (χ0n) is 7.83. The molecule has 5 heteroatoms. The van der Waals surface area contributed by atoms with Gasteiger partial charge in [-0.05, 0) is 18.2 Å². The van der Waals surface area contributed by atoms with Gasteiger partial charge in [-0.15, -0.1) is 0 Å². The molecule has 1 aromatic carbocycles. The molecule has 15 heavy (non-hydrogen) atoms. The van der Waals surface area contributed by atoms with Crippen LogP contribution in [0.3, 0.4) is 0 Å². The first-order chi connectivity index (χ1) is 7.20. The number of ether oxygens (including phenoxy) is 1. The number of hydrogen-bond acceptors (Lipinski definition) is 3. The summed E-state index contributed by atoms with van der Waals surface area (Å²) in [5.74, 6) is -1.74. The van der Waals surface area contributed by atoms with Crippen molar-refractivity contribution in [3.05, 3.63) is 35.2 Å². The van der Waals surface area contributed by atoms with Crippen molar-refractivity contribution in [2.24, 2.45) is 0 Å². The molecule has 0 bridgehead atoms. The van der Waals surface area contributed by atoms with E-state index >= 15 is 0 Å². The van der Waals surface area contributed by atoms with Crippen molar-refractivity contribution in [2.75, 3.05) is 7.11 Å². The number of thiazole rings is 1. The molecule has 2 aromatic rings. The van der Waals surface area contributed by atoms with Crippen molar-refractivity contribution in [3.63, 3.8) is 0 Å². The summed E-state index contributed by atoms with van der Waals surface area (Å²) in [6.07, 6.45) is 0. The van der Waals surface area contributed by atoms with Crippen molar-refractivity contribution in [2.45, 2.75) is 0 Å². The maximum absolute atomic E-state index is 12.9. The van der Waals surface area contributed by atoms with Gasteiger partial charge in [-0.25, -0.2) is 13.8 Å². The van der Waals surface area contributed by atoms with Crippen LogP contribution in [0.15, 0.2) is 23.6 Å². The Morgan fingerprint density at radius 3 is 2.67 bits per heavy atom. The molecule has 0 fully saturated rings. The van der Waals surface area contributed by atoms with E-state index in [1.165, 1.54) is 24.5 Å². The molecule has 0 radical (unpaired) electrons. The van der Waals surface area contributed by atoms with Gasteiger partial charge < -0.3 is 4.74 Å². The maximum atomic E-state index is 12.9. The van der Waals surface area contributed by atoms with Crippen LogP contribution in [-0.2, 0) is 0 Å². The predicted octanol–water partition coefficient (Wildman–Crippen LogP) is 3.10. The molecule has 1 heterocycles. The lowest BCUT2D eigenvalue weighted by Gasteiger charge is -1.97. The number of hydrogen-bond donors (Lipinski definition) is 0. The van der Waals surface area contributed by atoms with E-state index in [0.717, 1.165) is 12.1 Å². The van der Waals surface area contributed by atoms with Crippen LogP contribution in [0.5, 0.6) is 5.19 Å². The third kappa shape index (κ3) is 1.97. The lowest BCUT2D eigenvalue weighted by Crippen LogP contribution is -1.86. The van der Waals surface area contributed by atoms with Gasteiger partial charge in [0.2, 0.25) is 0 Å². The summed E-state index contributed by atoms with van der Waals surface area (Å²) >= 11 is 1.30. The molecular formula is C10H7F2NOS. The van der Waals surface area contributed by atoms with Crippen molar-refractivity contribution >= 4 is 11.3 Å². The van der Waals surface area contributed by atoms with Crippen molar-refractivity contribution in [1.29, 1.82) is 0 Å². The smallest absolute Gasteiger partial charge is 0.273 e. The third-order valence-corrected chi connectivity index (χ3v) is 2.67. The summed E-state index contributed by atoms with van der Waals surface area (Å²) in [5.41, 5.74) is 1.12. The molecule has 2 rings (SSSR count). The fourth-order valence-corrected chi connectivity index (χ4v) is 1.79. The highest BCUT2D eigenvalue weighted by molar-refractivity contribution is 7.11. The number of rotatable bonds is 2. The van der Waals surface area contributed by atoms with Gasteiger partial charge in [-0.2, -0.15) is 0 Å². The highest BCUT2D eigenvalue weighted by Crippen LogP contribution is 2.26. The molecule has 0 saturated carbocycles. The first-order valence-corrected chi connectivity index (χ1v) is 5.03. The van der Waals surface area contributed by atoms with Gasteiger partial charge in [0.1, 0.15) is 0 Å². The molecule has 1 aromatic heterocycles. The zero-order chi connectivity index (χ0) is 10.8. The Bertz CT molecular complexity index is 484. The summed E-state index contributed by atoms with van der Waals surface area (Å²) in [4.78, 5) is 4.08. The second kappa shape index (κ2) is 3.94. The van der Waals surface area contributed by atoms with Crippen LogP contribution >= 0.6 is 11.3 Å². The minimum atomic E-state index is -0.875. The Hall–Kier alpha value is -1.49. The zero-order valence-corrected chi connectivity index (χ0v) is 8.65. The number of benzene rings is 1. The van der Waals surface area contributed by atoms with E-state index in [2.05, 4.69) is 4.98 Å². The highest BCUT2D eigenvalue weighted by Gasteiger charge is 2.07. The Balaban J connectivity index is 2.40. The monoisotopic (exact) mass is 227 g/mol. The fourth-order valence-electron chi connectivity index (χ4n) is 1.14. The second-order valence-electron chi connectivity index (χ2n) is 2.83. The number of aromatic nitrogens is 1. The van der Waals surface area contributed by atoms with Gasteiger partial charge in [-0.3, -0.25) is 0 Å². The Labute approximate surface area is 89.2 Å². The summed E-state index contributed by atoms with van der Waals surface area (Å²) in [7, 11) is 1.51. The first kappa shape index (κ1) is 10.0. The van der Waals surface area contributed by atoms with Crippen LogP contribution in [0.2, 0.25) is 0 Å². The van der Waals surface area contributed by atoms with E-state index in [1.807, 2.05) is 0 Å². The first-order valence-electron chi connectivity index (χ1n) is 4.15. The van der Waals surface area contributed by atoms with E-state index < -0.39 is 11.6 Å². The molecule has 0 aliphatic heterocycles. The van der Waals surface area contributed by atoms with Gasteiger partial charge >= 0.3 is 0 Å². The molecule has 0 aliphatic rings. The quantitative estimate of drug-likeness (QED) is 0.786. The van der Waals surface area contributed by atoms with Gasteiger partial charge in [0.25, 0.3) is 5.19 Å². The maximum Gasteiger partial charge on any atom is 0.273 e. The van der Waals surface area contributed by atoms with E-state index in [-0.39, 0.29) is 0 Å². The highest BCUT2D eigenvalue weighted by atomic mass is 32.1. The fraction of sp³-hybridized carbons (Fsp3) is 0.100. The molecule has 0 spiro atoms. The molecule has 0 saturated heterocycles. The second-order valence-corrected chi connectivity index (χ2v) is 3.65. The van der Waals surface area contributed by atoms with Crippen LogP contribution in [-0.4, -0.2) is 12.1 Å². The molecular weight excluding hydrogens is 220 g/mol. The summed E-state index contributed by atoms with van der Waals surface area (Å²) in [6.45, 7) is 0. The number of methoxy groups -OCH3 is 1. The molecule has 0 N–H and O–H groups in total. The van der Waals surface area contributed by atoms with Gasteiger partial charge in [0.05, 0.1) is 12.8 Å². The standard InChI is InChI=1S/C10H7F2NOS/c1-14-10-13-9(5-15-10)6-2-3-7(11)8(12)4-6/h2-5H,1H3. The van der Waals surface area contributed by atoms with Crippen LogP contribution < -0.4 is 4.74 Å². The lowest BCUT2D eigenvalue weighted by atomic mass is 10.2. The summed E-state index contributed by atoms with van der Waals surface area (Å²) < 4.78 is 30.5. The number of halogens is 2. The minimum absolute atomic E-state index is 0.495. The summed E-state index contributed by atoms with van der Waals surface area (Å²) in [6, 6.07) is 3.67. The van der Waals surface area contributed by atoms with Crippen LogP contribution in [0.1, 0.15) is 0 Å². The van der Waals surface area contributed by atoms with E-state index in [9.17, 15) is 8.78 Å². The van der Waals surface area contributed by atoms with Crippen molar-refractivity contribution in [3.8, 4) is 16.5 Å². The molecule has 0 amide bonds. The van der Waals surface area contributed by atoms with Gasteiger partial charge in [0.15, 0.2) is 11.6 Å². The predicted molar refractivity (Wildman–Crippen MR) is 54.0 cm³/mol. The molecule has 0 unspecified atom stereocenters. The van der Waals surface area contributed by atoms with Crippen LogP contribution in [0.4, 0.5) is 8.78 Å². The lowest BCUT2D eigenvalue weighted by molar-refractivity contribution is 0.412. The van der Waals surface area contributed by atoms with E-state index in [4.69, 9.17) is 4.74 Å².